The highest BCUT2D eigenvalue weighted by atomic mass is 16.5. The van der Waals surface area contributed by atoms with Gasteiger partial charge in [0.05, 0.1) is 38.7 Å². The van der Waals surface area contributed by atoms with Crippen molar-refractivity contribution in [2.75, 3.05) is 0 Å². The van der Waals surface area contributed by atoms with Crippen molar-refractivity contribution in [3.05, 3.63) is 181 Å². The van der Waals surface area contributed by atoms with Gasteiger partial charge in [-0.25, -0.2) is 9.97 Å². The van der Waals surface area contributed by atoms with Gasteiger partial charge in [-0.1, -0.05) is 111 Å². The van der Waals surface area contributed by atoms with Crippen LogP contribution in [0.1, 0.15) is 25.0 Å². The zero-order valence-corrected chi connectivity index (χ0v) is 31.9. The van der Waals surface area contributed by atoms with Crippen molar-refractivity contribution in [2.24, 2.45) is 0 Å². The first-order valence-corrected chi connectivity index (χ1v) is 19.9. The Bertz CT molecular complexity index is 3590. The van der Waals surface area contributed by atoms with Crippen LogP contribution < -0.4 is 4.74 Å². The van der Waals surface area contributed by atoms with Crippen LogP contribution in [0.2, 0.25) is 0 Å². The van der Waals surface area contributed by atoms with Gasteiger partial charge in [0.25, 0.3) is 0 Å². The van der Waals surface area contributed by atoms with Crippen molar-refractivity contribution < 1.29 is 4.74 Å². The van der Waals surface area contributed by atoms with E-state index in [2.05, 4.69) is 156 Å². The van der Waals surface area contributed by atoms with E-state index in [0.29, 0.717) is 5.95 Å². The molecule has 0 N–H and O–H groups in total. The third-order valence-corrected chi connectivity index (χ3v) is 12.7. The predicted molar refractivity (Wildman–Crippen MR) is 237 cm³/mol. The Morgan fingerprint density at radius 1 is 0.448 bits per heavy atom. The van der Waals surface area contributed by atoms with E-state index in [9.17, 15) is 0 Å². The third-order valence-electron chi connectivity index (χ3n) is 12.7. The van der Waals surface area contributed by atoms with Gasteiger partial charge in [0, 0.05) is 38.2 Å². The van der Waals surface area contributed by atoms with E-state index in [-0.39, 0.29) is 5.41 Å². The molecule has 0 amide bonds. The van der Waals surface area contributed by atoms with E-state index in [4.69, 9.17) is 14.7 Å². The minimum atomic E-state index is -0.0300. The molecule has 272 valence electrons. The van der Waals surface area contributed by atoms with Gasteiger partial charge < -0.3 is 9.30 Å². The highest BCUT2D eigenvalue weighted by molar-refractivity contribution is 6.13. The average Bonchev–Trinajstić information content (AvgIpc) is 3.86. The lowest BCUT2D eigenvalue weighted by Gasteiger charge is -2.21. The summed E-state index contributed by atoms with van der Waals surface area (Å²) in [6, 6.07) is 61.2. The van der Waals surface area contributed by atoms with Crippen LogP contribution in [0.5, 0.6) is 11.5 Å². The monoisotopic (exact) mass is 742 g/mol. The molecular weight excluding hydrogens is 709 g/mol. The number of hydrogen-bond donors (Lipinski definition) is 0. The summed E-state index contributed by atoms with van der Waals surface area (Å²) in [5.41, 5.74) is 16.2. The summed E-state index contributed by atoms with van der Waals surface area (Å²) in [6.07, 6.45) is 0. The molecule has 3 aromatic heterocycles. The van der Waals surface area contributed by atoms with Crippen LogP contribution in [0.4, 0.5) is 0 Å². The molecule has 2 aliphatic rings. The van der Waals surface area contributed by atoms with Crippen LogP contribution in [0.15, 0.2) is 170 Å². The molecule has 11 aromatic rings. The molecule has 13 rings (SSSR count). The largest absolute Gasteiger partial charge is 0.456 e. The topological polar surface area (TPSA) is 44.9 Å². The third kappa shape index (κ3) is 4.20. The van der Waals surface area contributed by atoms with Gasteiger partial charge in [0.1, 0.15) is 11.5 Å². The molecule has 0 bridgehead atoms. The second-order valence-electron chi connectivity index (χ2n) is 16.2. The van der Waals surface area contributed by atoms with Gasteiger partial charge in [0.2, 0.25) is 5.95 Å². The van der Waals surface area contributed by atoms with Crippen LogP contribution in [-0.2, 0) is 5.41 Å². The molecule has 5 heteroatoms. The fourth-order valence-electron chi connectivity index (χ4n) is 10.0. The Labute approximate surface area is 334 Å². The quantitative estimate of drug-likeness (QED) is 0.181. The summed E-state index contributed by atoms with van der Waals surface area (Å²) in [7, 11) is 0. The molecule has 5 nitrogen and oxygen atoms in total. The molecule has 4 heterocycles. The number of nitrogens with zero attached hydrogens (tertiary/aromatic N) is 4. The van der Waals surface area contributed by atoms with Crippen LogP contribution in [0.3, 0.4) is 0 Å². The van der Waals surface area contributed by atoms with Crippen molar-refractivity contribution in [2.45, 2.75) is 19.3 Å². The smallest absolute Gasteiger partial charge is 0.235 e. The maximum absolute atomic E-state index is 6.30. The Morgan fingerprint density at radius 2 is 1.05 bits per heavy atom. The summed E-state index contributed by atoms with van der Waals surface area (Å²) >= 11 is 0. The van der Waals surface area contributed by atoms with Crippen molar-refractivity contribution in [1.82, 2.24) is 19.1 Å². The second kappa shape index (κ2) is 11.3. The first kappa shape index (κ1) is 31.7. The van der Waals surface area contributed by atoms with E-state index >= 15 is 0 Å². The molecule has 8 aromatic carbocycles. The van der Waals surface area contributed by atoms with E-state index in [1.54, 1.807) is 0 Å². The number of fused-ring (bicyclic) bond motifs is 11. The minimum absolute atomic E-state index is 0.0300. The SMILES string of the molecule is CC1(C)c2ccccc2-c2cc(-n3c4ccccc4c4cc(-c5ccc6c(c5)c5ccccc5n6-c5nc6c7c(cccc7n5)Oc5ccccc5-6)ccc43)ccc21. The Kier molecular flexibility index (Phi) is 6.17. The standard InChI is InChI=1S/C53H34N4O/c1-53(2)41-16-7-3-12-34(41)38-30-33(24-25-42(38)53)56-44-18-8-4-13-35(44)39-28-31(22-26-46(39)56)32-23-27-47-40(29-32)36-14-5-9-19-45(36)57(47)52-54-43-17-11-21-49-50(43)51(55-52)37-15-6-10-20-48(37)58-49/h3-30H,1-2H3. The normalized spacial score (nSPS) is 13.6. The molecule has 0 fully saturated rings. The van der Waals surface area contributed by atoms with E-state index < -0.39 is 0 Å². The van der Waals surface area contributed by atoms with E-state index in [1.807, 2.05) is 36.4 Å². The highest BCUT2D eigenvalue weighted by Crippen LogP contribution is 2.50. The van der Waals surface area contributed by atoms with Crippen LogP contribution >= 0.6 is 0 Å². The maximum atomic E-state index is 6.30. The first-order valence-electron chi connectivity index (χ1n) is 19.9. The minimum Gasteiger partial charge on any atom is -0.456 e. The zero-order chi connectivity index (χ0) is 38.3. The van der Waals surface area contributed by atoms with Gasteiger partial charge in [-0.3, -0.25) is 4.57 Å². The maximum Gasteiger partial charge on any atom is 0.235 e. The highest BCUT2D eigenvalue weighted by Gasteiger charge is 2.35. The Hall–Kier alpha value is -7.50. The Morgan fingerprint density at radius 3 is 1.83 bits per heavy atom. The van der Waals surface area contributed by atoms with Gasteiger partial charge in [-0.2, -0.15) is 0 Å². The van der Waals surface area contributed by atoms with Gasteiger partial charge >= 0.3 is 0 Å². The number of benzene rings is 8. The zero-order valence-electron chi connectivity index (χ0n) is 31.9. The molecule has 0 unspecified atom stereocenters. The number of aromatic nitrogens is 4. The second-order valence-corrected chi connectivity index (χ2v) is 16.2. The molecule has 1 aliphatic heterocycles. The van der Waals surface area contributed by atoms with Crippen LogP contribution in [-0.4, -0.2) is 19.1 Å². The molecular formula is C53H34N4O. The lowest BCUT2D eigenvalue weighted by atomic mass is 9.82. The number of para-hydroxylation sites is 3. The predicted octanol–water partition coefficient (Wildman–Crippen LogP) is 13.6. The van der Waals surface area contributed by atoms with Crippen molar-refractivity contribution in [3.63, 3.8) is 0 Å². The summed E-state index contributed by atoms with van der Waals surface area (Å²) in [6.45, 7) is 4.68. The lowest BCUT2D eigenvalue weighted by Crippen LogP contribution is -2.14. The average molecular weight is 743 g/mol. The summed E-state index contributed by atoms with van der Waals surface area (Å²) in [5.74, 6) is 2.23. The van der Waals surface area contributed by atoms with E-state index in [1.165, 1.54) is 55.3 Å². The fourth-order valence-corrected chi connectivity index (χ4v) is 10.0. The molecule has 0 atom stereocenters. The Balaban J connectivity index is 0.977. The van der Waals surface area contributed by atoms with Crippen LogP contribution in [0.25, 0.3) is 99.7 Å². The van der Waals surface area contributed by atoms with Gasteiger partial charge in [-0.15, -0.1) is 0 Å². The van der Waals surface area contributed by atoms with Crippen molar-refractivity contribution in [3.8, 4) is 56.6 Å². The van der Waals surface area contributed by atoms with Crippen LogP contribution in [0, 0.1) is 0 Å². The number of hydrogen-bond acceptors (Lipinski definition) is 3. The van der Waals surface area contributed by atoms with Crippen molar-refractivity contribution in [1.29, 1.82) is 0 Å². The number of rotatable bonds is 3. The molecule has 0 saturated carbocycles. The summed E-state index contributed by atoms with van der Waals surface area (Å²) < 4.78 is 10.9. The molecule has 0 spiro atoms. The molecule has 1 aliphatic carbocycles. The lowest BCUT2D eigenvalue weighted by molar-refractivity contribution is 0.486. The number of ether oxygens (including phenoxy) is 1. The molecule has 0 radical (unpaired) electrons. The fraction of sp³-hybridized carbons (Fsp3) is 0.0566. The van der Waals surface area contributed by atoms with Gasteiger partial charge in [-0.05, 0) is 106 Å². The van der Waals surface area contributed by atoms with E-state index in [0.717, 1.165) is 61.0 Å². The molecule has 0 saturated heterocycles. The first-order chi connectivity index (χ1) is 28.5. The van der Waals surface area contributed by atoms with Gasteiger partial charge in [0.15, 0.2) is 0 Å². The summed E-state index contributed by atoms with van der Waals surface area (Å²) in [5, 5.41) is 5.74. The van der Waals surface area contributed by atoms with Crippen molar-refractivity contribution >= 4 is 54.5 Å². The summed E-state index contributed by atoms with van der Waals surface area (Å²) in [4.78, 5) is 10.5. The molecule has 58 heavy (non-hydrogen) atoms.